The summed E-state index contributed by atoms with van der Waals surface area (Å²) >= 11 is 2.24. The number of anilines is 1. The Balaban J connectivity index is 2.60. The molecule has 0 saturated heterocycles. The van der Waals surface area contributed by atoms with Gasteiger partial charge < -0.3 is 10.6 Å². The van der Waals surface area contributed by atoms with Crippen molar-refractivity contribution in [3.63, 3.8) is 0 Å². The first-order chi connectivity index (χ1) is 6.63. The fraction of sp³-hybridized carbons (Fsp3) is 0.300. The maximum atomic E-state index is 11.2. The first-order valence-corrected chi connectivity index (χ1v) is 5.45. The fourth-order valence-electron chi connectivity index (χ4n) is 1.08. The lowest BCUT2D eigenvalue weighted by Crippen LogP contribution is -2.35. The summed E-state index contributed by atoms with van der Waals surface area (Å²) in [6.45, 7) is 1.83. The van der Waals surface area contributed by atoms with Crippen molar-refractivity contribution >= 4 is 34.2 Å². The molecule has 76 valence electrons. The summed E-state index contributed by atoms with van der Waals surface area (Å²) in [4.78, 5) is 11.2. The lowest BCUT2D eigenvalue weighted by Gasteiger charge is -2.13. The van der Waals surface area contributed by atoms with Gasteiger partial charge in [0, 0.05) is 16.3 Å². The van der Waals surface area contributed by atoms with E-state index < -0.39 is 0 Å². The molecule has 1 aromatic carbocycles. The van der Waals surface area contributed by atoms with E-state index in [4.69, 9.17) is 0 Å². The molecule has 0 fully saturated rings. The number of benzene rings is 1. The Bertz CT molecular complexity index is 310. The van der Waals surface area contributed by atoms with Crippen molar-refractivity contribution in [2.24, 2.45) is 0 Å². The molecular formula is C10H13IN2O. The topological polar surface area (TPSA) is 41.1 Å². The van der Waals surface area contributed by atoms with E-state index in [1.165, 1.54) is 3.57 Å². The predicted molar refractivity (Wildman–Crippen MR) is 66.3 cm³/mol. The second kappa shape index (κ2) is 5.19. The second-order valence-corrected chi connectivity index (χ2v) is 4.23. The van der Waals surface area contributed by atoms with Crippen LogP contribution in [-0.4, -0.2) is 19.0 Å². The Morgan fingerprint density at radius 1 is 1.36 bits per heavy atom. The summed E-state index contributed by atoms with van der Waals surface area (Å²) < 4.78 is 1.18. The molecule has 1 rings (SSSR count). The van der Waals surface area contributed by atoms with Crippen LogP contribution in [0.25, 0.3) is 0 Å². The van der Waals surface area contributed by atoms with Crippen molar-refractivity contribution in [2.45, 2.75) is 13.0 Å². The molecule has 0 aliphatic heterocycles. The molecule has 3 nitrogen and oxygen atoms in total. The van der Waals surface area contributed by atoms with Gasteiger partial charge in [0.05, 0.1) is 0 Å². The summed E-state index contributed by atoms with van der Waals surface area (Å²) in [6, 6.07) is 7.71. The number of carbonyl (C=O) groups excluding carboxylic acids is 1. The van der Waals surface area contributed by atoms with E-state index in [2.05, 4.69) is 33.2 Å². The van der Waals surface area contributed by atoms with Crippen LogP contribution in [0.5, 0.6) is 0 Å². The summed E-state index contributed by atoms with van der Waals surface area (Å²) in [5.41, 5.74) is 0.960. The monoisotopic (exact) mass is 304 g/mol. The van der Waals surface area contributed by atoms with Crippen LogP contribution in [-0.2, 0) is 4.79 Å². The molecular weight excluding hydrogens is 291 g/mol. The molecule has 0 aliphatic carbocycles. The molecule has 14 heavy (non-hydrogen) atoms. The highest BCUT2D eigenvalue weighted by molar-refractivity contribution is 14.1. The van der Waals surface area contributed by atoms with E-state index in [1.54, 1.807) is 7.05 Å². The third-order valence-corrected chi connectivity index (χ3v) is 2.59. The third kappa shape index (κ3) is 3.17. The average molecular weight is 304 g/mol. The van der Waals surface area contributed by atoms with Crippen LogP contribution in [0.1, 0.15) is 6.92 Å². The van der Waals surface area contributed by atoms with Gasteiger partial charge in [0.15, 0.2) is 0 Å². The molecule has 2 N–H and O–H groups in total. The standard InChI is InChI=1S/C10H13IN2O/c1-7(10(14)12-2)13-9-5-3-8(11)4-6-9/h3-7,13H,1-2H3,(H,12,14)/t7-/m0/s1. The fourth-order valence-corrected chi connectivity index (χ4v) is 1.44. The lowest BCUT2D eigenvalue weighted by molar-refractivity contribution is -0.121. The van der Waals surface area contributed by atoms with Crippen molar-refractivity contribution in [2.75, 3.05) is 12.4 Å². The molecule has 1 atom stereocenters. The van der Waals surface area contributed by atoms with Crippen LogP contribution in [0.4, 0.5) is 5.69 Å². The van der Waals surface area contributed by atoms with Gasteiger partial charge in [-0.25, -0.2) is 0 Å². The van der Waals surface area contributed by atoms with Gasteiger partial charge in [-0.05, 0) is 53.8 Å². The molecule has 1 amide bonds. The number of rotatable bonds is 3. The van der Waals surface area contributed by atoms with Crippen LogP contribution in [0.3, 0.4) is 0 Å². The van der Waals surface area contributed by atoms with Gasteiger partial charge in [0.25, 0.3) is 0 Å². The van der Waals surface area contributed by atoms with Gasteiger partial charge in [-0.1, -0.05) is 0 Å². The molecule has 0 spiro atoms. The minimum absolute atomic E-state index is 0.0106. The van der Waals surface area contributed by atoms with E-state index in [0.29, 0.717) is 0 Å². The quantitative estimate of drug-likeness (QED) is 0.837. The van der Waals surface area contributed by atoms with Crippen LogP contribution in [0, 0.1) is 3.57 Å². The highest BCUT2D eigenvalue weighted by Gasteiger charge is 2.09. The highest BCUT2D eigenvalue weighted by atomic mass is 127. The number of nitrogens with one attached hydrogen (secondary N) is 2. The number of carbonyl (C=O) groups is 1. The zero-order valence-corrected chi connectivity index (χ0v) is 10.3. The van der Waals surface area contributed by atoms with Gasteiger partial charge in [0.1, 0.15) is 6.04 Å². The number of hydrogen-bond acceptors (Lipinski definition) is 2. The predicted octanol–water partition coefficient (Wildman–Crippen LogP) is 1.84. The highest BCUT2D eigenvalue weighted by Crippen LogP contribution is 2.11. The summed E-state index contributed by atoms with van der Waals surface area (Å²) in [5.74, 6) is -0.0106. The van der Waals surface area contributed by atoms with Gasteiger partial charge >= 0.3 is 0 Å². The molecule has 0 saturated carbocycles. The molecule has 0 radical (unpaired) electrons. The van der Waals surface area contributed by atoms with Crippen LogP contribution >= 0.6 is 22.6 Å². The van der Waals surface area contributed by atoms with E-state index in [1.807, 2.05) is 31.2 Å². The Morgan fingerprint density at radius 2 is 1.93 bits per heavy atom. The van der Waals surface area contributed by atoms with Crippen LogP contribution in [0.15, 0.2) is 24.3 Å². The Morgan fingerprint density at radius 3 is 2.43 bits per heavy atom. The SMILES string of the molecule is CNC(=O)[C@H](C)Nc1ccc(I)cc1. The number of amides is 1. The van der Waals surface area contributed by atoms with Gasteiger partial charge in [-0.2, -0.15) is 0 Å². The zero-order chi connectivity index (χ0) is 10.6. The normalized spacial score (nSPS) is 11.9. The molecule has 0 aliphatic rings. The molecule has 0 unspecified atom stereocenters. The average Bonchev–Trinajstić information content (AvgIpc) is 2.20. The van der Waals surface area contributed by atoms with Crippen molar-refractivity contribution in [3.8, 4) is 0 Å². The molecule has 1 aromatic rings. The smallest absolute Gasteiger partial charge is 0.241 e. The van der Waals surface area contributed by atoms with Gasteiger partial charge in [0.2, 0.25) is 5.91 Å². The van der Waals surface area contributed by atoms with Gasteiger partial charge in [-0.3, -0.25) is 4.79 Å². The molecule has 0 bridgehead atoms. The zero-order valence-electron chi connectivity index (χ0n) is 8.17. The third-order valence-electron chi connectivity index (χ3n) is 1.87. The van der Waals surface area contributed by atoms with Gasteiger partial charge in [-0.15, -0.1) is 0 Å². The van der Waals surface area contributed by atoms with Crippen LogP contribution in [0.2, 0.25) is 0 Å². The summed E-state index contributed by atoms with van der Waals surface area (Å²) in [6.07, 6.45) is 0. The Hall–Kier alpha value is -0.780. The number of hydrogen-bond donors (Lipinski definition) is 2. The molecule has 0 heterocycles. The molecule has 0 aromatic heterocycles. The van der Waals surface area contributed by atoms with Crippen molar-refractivity contribution in [3.05, 3.63) is 27.8 Å². The van der Waals surface area contributed by atoms with E-state index in [0.717, 1.165) is 5.69 Å². The second-order valence-electron chi connectivity index (χ2n) is 2.99. The van der Waals surface area contributed by atoms with Crippen molar-refractivity contribution < 1.29 is 4.79 Å². The van der Waals surface area contributed by atoms with E-state index in [-0.39, 0.29) is 11.9 Å². The maximum absolute atomic E-state index is 11.2. The largest absolute Gasteiger partial charge is 0.374 e. The first-order valence-electron chi connectivity index (χ1n) is 4.37. The number of halogens is 1. The summed E-state index contributed by atoms with van der Waals surface area (Å²) in [5, 5.41) is 5.70. The Kier molecular flexibility index (Phi) is 4.19. The summed E-state index contributed by atoms with van der Waals surface area (Å²) in [7, 11) is 1.63. The first kappa shape index (κ1) is 11.3. The van der Waals surface area contributed by atoms with E-state index >= 15 is 0 Å². The van der Waals surface area contributed by atoms with E-state index in [9.17, 15) is 4.79 Å². The van der Waals surface area contributed by atoms with Crippen LogP contribution < -0.4 is 10.6 Å². The maximum Gasteiger partial charge on any atom is 0.241 e. The molecule has 4 heteroatoms. The lowest BCUT2D eigenvalue weighted by atomic mass is 10.2. The van der Waals surface area contributed by atoms with Crippen molar-refractivity contribution in [1.29, 1.82) is 0 Å². The minimum atomic E-state index is -0.208. The van der Waals surface area contributed by atoms with Crippen molar-refractivity contribution in [1.82, 2.24) is 5.32 Å². The number of likely N-dealkylation sites (N-methyl/N-ethyl adjacent to an activating group) is 1. The minimum Gasteiger partial charge on any atom is -0.374 e. The Labute approximate surface area is 97.4 Å².